The van der Waals surface area contributed by atoms with E-state index in [1.165, 1.54) is 12.1 Å². The molecule has 0 radical (unpaired) electrons. The summed E-state index contributed by atoms with van der Waals surface area (Å²) in [5, 5.41) is 2.68. The molecule has 2 aliphatic rings. The van der Waals surface area contributed by atoms with Gasteiger partial charge in [0.2, 0.25) is 0 Å². The van der Waals surface area contributed by atoms with Gasteiger partial charge in [0.15, 0.2) is 5.60 Å². The molecule has 8 heteroatoms. The third-order valence-corrected chi connectivity index (χ3v) is 5.05. The van der Waals surface area contributed by atoms with Crippen LogP contribution in [-0.4, -0.2) is 24.5 Å². The van der Waals surface area contributed by atoms with Gasteiger partial charge >= 0.3 is 12.1 Å². The van der Waals surface area contributed by atoms with Gasteiger partial charge in [0.25, 0.3) is 6.43 Å². The van der Waals surface area contributed by atoms with E-state index in [1.54, 1.807) is 0 Å². The molecule has 0 unspecified atom stereocenters. The number of benzene rings is 1. The second kappa shape index (κ2) is 7.48. The number of ether oxygens (including phenoxy) is 1. The first kappa shape index (κ1) is 19.6. The summed E-state index contributed by atoms with van der Waals surface area (Å²) >= 11 is 0. The standard InChI is InChI=1S/C19H20F5NO2/c20-15(21)11-25-16-14(17(26)27-18(16)8-2-1-3-9-18)10-12-4-6-13(7-5-12)19(22,23)24/h4-7,15,25H,1-3,8-11H2. The molecule has 1 fully saturated rings. The second-order valence-electron chi connectivity index (χ2n) is 6.94. The highest BCUT2D eigenvalue weighted by molar-refractivity contribution is 5.93. The molecular weight excluding hydrogens is 369 g/mol. The molecule has 148 valence electrons. The van der Waals surface area contributed by atoms with Crippen molar-refractivity contribution < 1.29 is 31.5 Å². The van der Waals surface area contributed by atoms with E-state index in [2.05, 4.69) is 5.32 Å². The first-order valence-electron chi connectivity index (χ1n) is 8.86. The highest BCUT2D eigenvalue weighted by Crippen LogP contribution is 2.43. The van der Waals surface area contributed by atoms with Crippen LogP contribution in [0.5, 0.6) is 0 Å². The lowest BCUT2D eigenvalue weighted by Gasteiger charge is -2.34. The van der Waals surface area contributed by atoms with Crippen LogP contribution in [-0.2, 0) is 22.1 Å². The number of halogens is 5. The summed E-state index contributed by atoms with van der Waals surface area (Å²) in [6, 6.07) is 4.47. The number of hydrogen-bond donors (Lipinski definition) is 1. The van der Waals surface area contributed by atoms with Gasteiger partial charge in [-0.3, -0.25) is 0 Å². The molecule has 27 heavy (non-hydrogen) atoms. The fourth-order valence-corrected chi connectivity index (χ4v) is 3.77. The van der Waals surface area contributed by atoms with Crippen LogP contribution < -0.4 is 5.32 Å². The van der Waals surface area contributed by atoms with Crippen molar-refractivity contribution in [2.24, 2.45) is 0 Å². The molecule has 0 aromatic heterocycles. The number of carbonyl (C=O) groups excluding carboxylic acids is 1. The van der Waals surface area contributed by atoms with E-state index in [-0.39, 0.29) is 12.0 Å². The molecule has 3 rings (SSSR count). The summed E-state index contributed by atoms with van der Waals surface area (Å²) in [7, 11) is 0. The summed E-state index contributed by atoms with van der Waals surface area (Å²) in [5.41, 5.74) is -0.622. The van der Waals surface area contributed by atoms with Crippen molar-refractivity contribution in [2.75, 3.05) is 6.54 Å². The normalized spacial score (nSPS) is 19.7. The predicted octanol–water partition coefficient (Wildman–Crippen LogP) is 4.62. The van der Waals surface area contributed by atoms with Gasteiger partial charge in [-0.25, -0.2) is 13.6 Å². The van der Waals surface area contributed by atoms with E-state index >= 15 is 0 Å². The maximum atomic E-state index is 12.7. The average Bonchev–Trinajstić information content (AvgIpc) is 2.84. The van der Waals surface area contributed by atoms with Crippen molar-refractivity contribution >= 4 is 5.97 Å². The monoisotopic (exact) mass is 389 g/mol. The van der Waals surface area contributed by atoms with Crippen LogP contribution in [0, 0.1) is 0 Å². The molecule has 0 bridgehead atoms. The summed E-state index contributed by atoms with van der Waals surface area (Å²) in [4.78, 5) is 12.4. The van der Waals surface area contributed by atoms with E-state index in [1.807, 2.05) is 0 Å². The zero-order valence-electron chi connectivity index (χ0n) is 14.5. The number of alkyl halides is 5. The summed E-state index contributed by atoms with van der Waals surface area (Å²) in [6.45, 7) is -0.607. The number of carbonyl (C=O) groups is 1. The van der Waals surface area contributed by atoms with E-state index in [4.69, 9.17) is 4.74 Å². The number of hydrogen-bond acceptors (Lipinski definition) is 3. The molecule has 1 spiro atoms. The number of rotatable bonds is 5. The molecule has 1 N–H and O–H groups in total. The molecular formula is C19H20F5NO2. The van der Waals surface area contributed by atoms with Crippen LogP contribution in [0.25, 0.3) is 0 Å². The Bertz CT molecular complexity index is 719. The van der Waals surface area contributed by atoms with E-state index < -0.39 is 36.3 Å². The number of esters is 1. The summed E-state index contributed by atoms with van der Waals surface area (Å²) < 4.78 is 69.2. The van der Waals surface area contributed by atoms with Crippen LogP contribution in [0.1, 0.15) is 43.2 Å². The van der Waals surface area contributed by atoms with Gasteiger partial charge in [-0.1, -0.05) is 18.6 Å². The van der Waals surface area contributed by atoms with Crippen LogP contribution in [0.2, 0.25) is 0 Å². The number of nitrogens with one attached hydrogen (secondary N) is 1. The molecule has 1 aliphatic heterocycles. The van der Waals surface area contributed by atoms with Gasteiger partial charge in [-0.2, -0.15) is 13.2 Å². The lowest BCUT2D eigenvalue weighted by atomic mass is 9.81. The molecule has 1 aromatic carbocycles. The van der Waals surface area contributed by atoms with Crippen LogP contribution in [0.4, 0.5) is 22.0 Å². The topological polar surface area (TPSA) is 38.3 Å². The zero-order chi connectivity index (χ0) is 19.7. The largest absolute Gasteiger partial charge is 0.449 e. The van der Waals surface area contributed by atoms with Crippen molar-refractivity contribution in [1.29, 1.82) is 0 Å². The Kier molecular flexibility index (Phi) is 5.44. The van der Waals surface area contributed by atoms with Gasteiger partial charge in [0.1, 0.15) is 0 Å². The zero-order valence-corrected chi connectivity index (χ0v) is 14.5. The van der Waals surface area contributed by atoms with Gasteiger partial charge in [0, 0.05) is 6.42 Å². The van der Waals surface area contributed by atoms with Gasteiger partial charge < -0.3 is 10.1 Å². The maximum absolute atomic E-state index is 12.7. The highest BCUT2D eigenvalue weighted by atomic mass is 19.4. The molecule has 1 aliphatic carbocycles. The van der Waals surface area contributed by atoms with Crippen LogP contribution in [0.15, 0.2) is 35.5 Å². The van der Waals surface area contributed by atoms with E-state index in [0.717, 1.165) is 31.4 Å². The average molecular weight is 389 g/mol. The SMILES string of the molecule is O=C1OC2(CCCCC2)C(NCC(F)F)=C1Cc1ccc(C(F)(F)F)cc1. The Morgan fingerprint density at radius 2 is 1.70 bits per heavy atom. The third-order valence-electron chi connectivity index (χ3n) is 5.05. The second-order valence-corrected chi connectivity index (χ2v) is 6.94. The molecule has 0 saturated heterocycles. The first-order valence-corrected chi connectivity index (χ1v) is 8.86. The predicted molar refractivity (Wildman–Crippen MR) is 88.1 cm³/mol. The summed E-state index contributed by atoms with van der Waals surface area (Å²) in [6.07, 6.45) is -3.27. The van der Waals surface area contributed by atoms with E-state index in [9.17, 15) is 26.7 Å². The molecule has 1 heterocycles. The fourth-order valence-electron chi connectivity index (χ4n) is 3.77. The maximum Gasteiger partial charge on any atom is 0.416 e. The smallest absolute Gasteiger partial charge is 0.416 e. The highest BCUT2D eigenvalue weighted by Gasteiger charge is 2.48. The minimum Gasteiger partial charge on any atom is -0.449 e. The Balaban J connectivity index is 1.89. The quantitative estimate of drug-likeness (QED) is 0.590. The van der Waals surface area contributed by atoms with Gasteiger partial charge in [-0.05, 0) is 43.4 Å². The molecule has 1 saturated carbocycles. The molecule has 1 aromatic rings. The Morgan fingerprint density at radius 1 is 1.07 bits per heavy atom. The Hall–Kier alpha value is -2.12. The fraction of sp³-hybridized carbons (Fsp3) is 0.526. The first-order chi connectivity index (χ1) is 12.7. The molecule has 0 amide bonds. The van der Waals surface area contributed by atoms with Gasteiger partial charge in [-0.15, -0.1) is 0 Å². The van der Waals surface area contributed by atoms with Crippen molar-refractivity contribution in [2.45, 2.75) is 56.7 Å². The molecule has 3 nitrogen and oxygen atoms in total. The minimum absolute atomic E-state index is 0.0320. The minimum atomic E-state index is -4.44. The third kappa shape index (κ3) is 4.25. The lowest BCUT2D eigenvalue weighted by Crippen LogP contribution is -2.41. The Morgan fingerprint density at radius 3 is 2.26 bits per heavy atom. The summed E-state index contributed by atoms with van der Waals surface area (Å²) in [5.74, 6) is -0.589. The van der Waals surface area contributed by atoms with Crippen molar-refractivity contribution in [3.8, 4) is 0 Å². The molecule has 0 atom stereocenters. The van der Waals surface area contributed by atoms with Crippen LogP contribution in [0.3, 0.4) is 0 Å². The van der Waals surface area contributed by atoms with Crippen molar-refractivity contribution in [3.05, 3.63) is 46.7 Å². The van der Waals surface area contributed by atoms with Gasteiger partial charge in [0.05, 0.1) is 23.4 Å². The Labute approximate surface area is 153 Å². The lowest BCUT2D eigenvalue weighted by molar-refractivity contribution is -0.149. The van der Waals surface area contributed by atoms with E-state index in [0.29, 0.717) is 24.1 Å². The van der Waals surface area contributed by atoms with Crippen molar-refractivity contribution in [3.63, 3.8) is 0 Å². The van der Waals surface area contributed by atoms with Crippen LogP contribution >= 0.6 is 0 Å². The van der Waals surface area contributed by atoms with Crippen molar-refractivity contribution in [1.82, 2.24) is 5.32 Å².